The van der Waals surface area contributed by atoms with E-state index in [-0.39, 0.29) is 18.5 Å². The lowest BCUT2D eigenvalue weighted by Gasteiger charge is -2.32. The van der Waals surface area contributed by atoms with E-state index < -0.39 is 11.6 Å². The molecule has 8 heteroatoms. The average Bonchev–Trinajstić information content (AvgIpc) is 2.85. The molecule has 180 valence electrons. The van der Waals surface area contributed by atoms with E-state index in [0.717, 1.165) is 31.2 Å². The van der Waals surface area contributed by atoms with Crippen LogP contribution >= 0.6 is 0 Å². The standard InChI is InChI=1S/C25H36N4O4/c1-25(18-26,19-33-17-21-10-6-3-7-11-21)28-23(30)22(16-20-8-4-2-5-9-20)27-24(31)29-12-14-32-15-13-29/h3,6-7,10-11,20,22H,2,4-5,8-9,12-17,19H2,1H3,(H,27,31)(H,28,30). The van der Waals surface area contributed by atoms with E-state index >= 15 is 0 Å². The summed E-state index contributed by atoms with van der Waals surface area (Å²) in [5.74, 6) is 0.0525. The topological polar surface area (TPSA) is 104 Å². The number of ether oxygens (including phenoxy) is 2. The van der Waals surface area contributed by atoms with Gasteiger partial charge in [-0.25, -0.2) is 4.79 Å². The predicted octanol–water partition coefficient (Wildman–Crippen LogP) is 2.98. The molecule has 3 amide bonds. The van der Waals surface area contributed by atoms with Crippen LogP contribution in [-0.4, -0.2) is 61.3 Å². The molecule has 2 aliphatic rings. The number of nitrogens with one attached hydrogen (secondary N) is 2. The molecule has 1 heterocycles. The van der Waals surface area contributed by atoms with Gasteiger partial charge in [-0.3, -0.25) is 4.79 Å². The highest BCUT2D eigenvalue weighted by Gasteiger charge is 2.33. The van der Waals surface area contributed by atoms with Crippen molar-refractivity contribution in [3.8, 4) is 6.07 Å². The first kappa shape index (κ1) is 25.0. The van der Waals surface area contributed by atoms with Crippen LogP contribution in [0, 0.1) is 17.2 Å². The van der Waals surface area contributed by atoms with Crippen molar-refractivity contribution in [2.45, 2.75) is 63.6 Å². The number of hydrogen-bond donors (Lipinski definition) is 2. The Morgan fingerprint density at radius 3 is 2.58 bits per heavy atom. The fraction of sp³-hybridized carbons (Fsp3) is 0.640. The summed E-state index contributed by atoms with van der Waals surface area (Å²) in [5.41, 5.74) is -0.197. The fourth-order valence-corrected chi connectivity index (χ4v) is 4.40. The molecule has 3 rings (SSSR count). The third-order valence-electron chi connectivity index (χ3n) is 6.35. The van der Waals surface area contributed by atoms with Gasteiger partial charge in [0.05, 0.1) is 32.5 Å². The summed E-state index contributed by atoms with van der Waals surface area (Å²) in [6.07, 6.45) is 6.23. The Balaban J connectivity index is 1.60. The molecule has 0 spiro atoms. The highest BCUT2D eigenvalue weighted by atomic mass is 16.5. The van der Waals surface area contributed by atoms with E-state index in [4.69, 9.17) is 9.47 Å². The molecule has 2 fully saturated rings. The second-order valence-electron chi connectivity index (χ2n) is 9.25. The summed E-state index contributed by atoms with van der Waals surface area (Å²) in [6.45, 7) is 4.07. The maximum absolute atomic E-state index is 13.3. The number of benzene rings is 1. The summed E-state index contributed by atoms with van der Waals surface area (Å²) in [4.78, 5) is 27.8. The predicted molar refractivity (Wildman–Crippen MR) is 124 cm³/mol. The first-order valence-corrected chi connectivity index (χ1v) is 12.0. The Labute approximate surface area is 196 Å². The van der Waals surface area contributed by atoms with Gasteiger partial charge in [0.2, 0.25) is 5.91 Å². The zero-order valence-corrected chi connectivity index (χ0v) is 19.6. The highest BCUT2D eigenvalue weighted by molar-refractivity contribution is 5.87. The molecule has 2 atom stereocenters. The molecule has 1 aliphatic heterocycles. The lowest BCUT2D eigenvalue weighted by Crippen LogP contribution is -2.58. The maximum Gasteiger partial charge on any atom is 0.318 e. The quantitative estimate of drug-likeness (QED) is 0.595. The van der Waals surface area contributed by atoms with Crippen LogP contribution < -0.4 is 10.6 Å². The van der Waals surface area contributed by atoms with Crippen molar-refractivity contribution >= 4 is 11.9 Å². The minimum absolute atomic E-state index is 0.0533. The Morgan fingerprint density at radius 1 is 1.21 bits per heavy atom. The SMILES string of the molecule is CC(C#N)(COCc1ccccc1)NC(=O)C(CC1CCCCC1)NC(=O)N1CCOCC1. The largest absolute Gasteiger partial charge is 0.378 e. The van der Waals surface area contributed by atoms with Crippen LogP contribution in [0.1, 0.15) is 51.0 Å². The first-order valence-electron chi connectivity index (χ1n) is 12.0. The fourth-order valence-electron chi connectivity index (χ4n) is 4.40. The highest BCUT2D eigenvalue weighted by Crippen LogP contribution is 2.27. The Hall–Kier alpha value is -2.63. The van der Waals surface area contributed by atoms with Crippen molar-refractivity contribution in [3.63, 3.8) is 0 Å². The van der Waals surface area contributed by atoms with Crippen LogP contribution in [0.5, 0.6) is 0 Å². The molecular weight excluding hydrogens is 420 g/mol. The lowest BCUT2D eigenvalue weighted by molar-refractivity contribution is -0.125. The third kappa shape index (κ3) is 8.02. The Bertz CT molecular complexity index is 800. The second kappa shape index (κ2) is 12.6. The minimum Gasteiger partial charge on any atom is -0.378 e. The number of nitrogens with zero attached hydrogens (tertiary/aromatic N) is 2. The molecule has 8 nitrogen and oxygen atoms in total. The first-order chi connectivity index (χ1) is 16.0. The molecule has 1 aromatic carbocycles. The zero-order valence-electron chi connectivity index (χ0n) is 19.6. The summed E-state index contributed by atoms with van der Waals surface area (Å²) >= 11 is 0. The number of rotatable bonds is 9. The summed E-state index contributed by atoms with van der Waals surface area (Å²) in [7, 11) is 0. The molecule has 1 saturated carbocycles. The van der Waals surface area contributed by atoms with E-state index in [0.29, 0.717) is 45.2 Å². The Morgan fingerprint density at radius 2 is 1.91 bits per heavy atom. The molecule has 2 N–H and O–H groups in total. The maximum atomic E-state index is 13.3. The van der Waals surface area contributed by atoms with Crippen LogP contribution in [0.3, 0.4) is 0 Å². The van der Waals surface area contributed by atoms with Crippen molar-refractivity contribution in [1.29, 1.82) is 5.26 Å². The van der Waals surface area contributed by atoms with Gasteiger partial charge in [0.15, 0.2) is 0 Å². The zero-order chi connectivity index (χ0) is 23.5. The number of carbonyl (C=O) groups excluding carboxylic acids is 2. The van der Waals surface area contributed by atoms with E-state index in [9.17, 15) is 14.9 Å². The molecule has 33 heavy (non-hydrogen) atoms. The monoisotopic (exact) mass is 456 g/mol. The van der Waals surface area contributed by atoms with Gasteiger partial charge in [-0.15, -0.1) is 0 Å². The van der Waals surface area contributed by atoms with Crippen molar-refractivity contribution < 1.29 is 19.1 Å². The number of hydrogen-bond acceptors (Lipinski definition) is 5. The van der Waals surface area contributed by atoms with Crippen LogP contribution in [0.4, 0.5) is 4.79 Å². The number of nitriles is 1. The molecular formula is C25H36N4O4. The van der Waals surface area contributed by atoms with Gasteiger partial charge in [-0.2, -0.15) is 5.26 Å². The molecule has 0 aromatic heterocycles. The van der Waals surface area contributed by atoms with Crippen molar-refractivity contribution in [2.24, 2.45) is 5.92 Å². The number of urea groups is 1. The van der Waals surface area contributed by atoms with Crippen molar-refractivity contribution in [2.75, 3.05) is 32.9 Å². The molecule has 0 bridgehead atoms. The van der Waals surface area contributed by atoms with Gasteiger partial charge < -0.3 is 25.0 Å². The second-order valence-corrected chi connectivity index (χ2v) is 9.25. The molecule has 1 saturated heterocycles. The summed E-state index contributed by atoms with van der Waals surface area (Å²) in [6, 6.07) is 10.9. The van der Waals surface area contributed by atoms with Crippen molar-refractivity contribution in [3.05, 3.63) is 35.9 Å². The van der Waals surface area contributed by atoms with Crippen molar-refractivity contribution in [1.82, 2.24) is 15.5 Å². The van der Waals surface area contributed by atoms with Gasteiger partial charge in [0.1, 0.15) is 11.6 Å². The van der Waals surface area contributed by atoms with E-state index in [1.54, 1.807) is 11.8 Å². The number of amides is 3. The average molecular weight is 457 g/mol. The van der Waals surface area contributed by atoms with Gasteiger partial charge in [-0.1, -0.05) is 62.4 Å². The molecule has 1 aromatic rings. The smallest absolute Gasteiger partial charge is 0.318 e. The van der Waals surface area contributed by atoms with E-state index in [2.05, 4.69) is 16.7 Å². The minimum atomic E-state index is -1.19. The third-order valence-corrected chi connectivity index (χ3v) is 6.35. The lowest BCUT2D eigenvalue weighted by atomic mass is 9.84. The molecule has 0 radical (unpaired) electrons. The van der Waals surface area contributed by atoms with Crippen LogP contribution in [0.15, 0.2) is 30.3 Å². The Kier molecular flexibility index (Phi) is 9.52. The van der Waals surface area contributed by atoms with Gasteiger partial charge in [0, 0.05) is 13.1 Å². The van der Waals surface area contributed by atoms with Crippen LogP contribution in [0.25, 0.3) is 0 Å². The van der Waals surface area contributed by atoms with E-state index in [1.807, 2.05) is 30.3 Å². The summed E-state index contributed by atoms with van der Waals surface area (Å²) in [5, 5.41) is 15.5. The van der Waals surface area contributed by atoms with E-state index in [1.165, 1.54) is 6.42 Å². The van der Waals surface area contributed by atoms with Gasteiger partial charge in [0.25, 0.3) is 0 Å². The molecule has 2 unspecified atom stereocenters. The number of carbonyl (C=O) groups is 2. The molecule has 1 aliphatic carbocycles. The van der Waals surface area contributed by atoms with Gasteiger partial charge in [-0.05, 0) is 24.8 Å². The van der Waals surface area contributed by atoms with Crippen LogP contribution in [-0.2, 0) is 20.9 Å². The summed E-state index contributed by atoms with van der Waals surface area (Å²) < 4.78 is 11.1. The number of morpholine rings is 1. The van der Waals surface area contributed by atoms with Crippen LogP contribution in [0.2, 0.25) is 0 Å². The normalized spacial score (nSPS) is 19.7. The van der Waals surface area contributed by atoms with Gasteiger partial charge >= 0.3 is 6.03 Å².